The molecule has 1 saturated carbocycles. The fourth-order valence-corrected chi connectivity index (χ4v) is 2.04. The first-order chi connectivity index (χ1) is 9.08. The van der Waals surface area contributed by atoms with E-state index in [0.29, 0.717) is 25.1 Å². The minimum Gasteiger partial charge on any atom is -0.481 e. The Morgan fingerprint density at radius 2 is 1.89 bits per heavy atom. The molecule has 0 unspecified atom stereocenters. The van der Waals surface area contributed by atoms with Gasteiger partial charge in [0.25, 0.3) is 0 Å². The molecule has 1 aliphatic carbocycles. The highest BCUT2D eigenvalue weighted by Crippen LogP contribution is 2.48. The van der Waals surface area contributed by atoms with E-state index in [1.54, 1.807) is 24.3 Å². The zero-order valence-corrected chi connectivity index (χ0v) is 10.9. The van der Waals surface area contributed by atoms with Crippen molar-refractivity contribution in [3.63, 3.8) is 0 Å². The summed E-state index contributed by atoms with van der Waals surface area (Å²) in [6, 6.07) is 6.79. The summed E-state index contributed by atoms with van der Waals surface area (Å²) in [7, 11) is 0. The van der Waals surface area contributed by atoms with Crippen LogP contribution in [-0.2, 0) is 10.2 Å². The summed E-state index contributed by atoms with van der Waals surface area (Å²) in [5, 5.41) is 14.6. The van der Waals surface area contributed by atoms with E-state index in [9.17, 15) is 14.7 Å². The lowest BCUT2D eigenvalue weighted by Crippen LogP contribution is -2.29. The molecule has 1 aromatic carbocycles. The van der Waals surface area contributed by atoms with Gasteiger partial charge in [0.1, 0.15) is 0 Å². The van der Waals surface area contributed by atoms with Crippen molar-refractivity contribution in [2.45, 2.75) is 31.6 Å². The lowest BCUT2D eigenvalue weighted by Gasteiger charge is -2.11. The topological polar surface area (TPSA) is 78.4 Å². The van der Waals surface area contributed by atoms with Crippen molar-refractivity contribution in [1.29, 1.82) is 0 Å². The van der Waals surface area contributed by atoms with Crippen molar-refractivity contribution in [3.8, 4) is 0 Å². The molecule has 2 amide bonds. The van der Waals surface area contributed by atoms with Gasteiger partial charge in [0.2, 0.25) is 0 Å². The molecule has 1 aliphatic rings. The van der Waals surface area contributed by atoms with Crippen LogP contribution in [0.2, 0.25) is 0 Å². The van der Waals surface area contributed by atoms with Crippen LogP contribution in [0.1, 0.15) is 31.7 Å². The van der Waals surface area contributed by atoms with Gasteiger partial charge in [-0.15, -0.1) is 0 Å². The lowest BCUT2D eigenvalue weighted by atomic mass is 9.96. The van der Waals surface area contributed by atoms with Gasteiger partial charge in [-0.3, -0.25) is 4.79 Å². The lowest BCUT2D eigenvalue weighted by molar-refractivity contribution is -0.140. The number of carbonyl (C=O) groups is 2. The maximum absolute atomic E-state index is 11.5. The smallest absolute Gasteiger partial charge is 0.319 e. The average molecular weight is 262 g/mol. The van der Waals surface area contributed by atoms with Gasteiger partial charge in [-0.2, -0.15) is 0 Å². The average Bonchev–Trinajstić information content (AvgIpc) is 3.19. The second-order valence-electron chi connectivity index (χ2n) is 4.85. The summed E-state index contributed by atoms with van der Waals surface area (Å²) in [6.45, 7) is 2.61. The maximum atomic E-state index is 11.5. The normalized spacial score (nSPS) is 15.6. The van der Waals surface area contributed by atoms with Gasteiger partial charge in [-0.25, -0.2) is 4.79 Å². The Labute approximate surface area is 112 Å². The van der Waals surface area contributed by atoms with Crippen LogP contribution in [0.4, 0.5) is 10.5 Å². The van der Waals surface area contributed by atoms with Gasteiger partial charge >= 0.3 is 12.0 Å². The third-order valence-electron chi connectivity index (χ3n) is 3.39. The van der Waals surface area contributed by atoms with E-state index in [1.165, 1.54) is 0 Å². The number of carboxylic acid groups (broad SMARTS) is 1. The highest BCUT2D eigenvalue weighted by atomic mass is 16.4. The molecule has 1 aromatic rings. The first kappa shape index (κ1) is 13.4. The molecule has 5 heteroatoms. The van der Waals surface area contributed by atoms with E-state index in [0.717, 1.165) is 12.0 Å². The van der Waals surface area contributed by atoms with Gasteiger partial charge in [-0.1, -0.05) is 19.1 Å². The van der Waals surface area contributed by atoms with Crippen LogP contribution in [0.3, 0.4) is 0 Å². The van der Waals surface area contributed by atoms with Gasteiger partial charge in [0.15, 0.2) is 0 Å². The number of nitrogens with one attached hydrogen (secondary N) is 2. The van der Waals surface area contributed by atoms with Crippen LogP contribution in [-0.4, -0.2) is 23.7 Å². The van der Waals surface area contributed by atoms with Crippen LogP contribution in [0.25, 0.3) is 0 Å². The van der Waals surface area contributed by atoms with E-state index < -0.39 is 11.4 Å². The molecular weight excluding hydrogens is 244 g/mol. The Morgan fingerprint density at radius 3 is 2.37 bits per heavy atom. The quantitative estimate of drug-likeness (QED) is 0.762. The maximum Gasteiger partial charge on any atom is 0.319 e. The minimum absolute atomic E-state index is 0.242. The molecule has 0 spiro atoms. The number of benzene rings is 1. The van der Waals surface area contributed by atoms with Crippen LogP contribution < -0.4 is 10.6 Å². The number of hydrogen-bond acceptors (Lipinski definition) is 2. The van der Waals surface area contributed by atoms with Crippen molar-refractivity contribution in [3.05, 3.63) is 29.8 Å². The monoisotopic (exact) mass is 262 g/mol. The van der Waals surface area contributed by atoms with Crippen molar-refractivity contribution < 1.29 is 14.7 Å². The third kappa shape index (κ3) is 2.86. The second kappa shape index (κ2) is 5.30. The van der Waals surface area contributed by atoms with E-state index in [4.69, 9.17) is 0 Å². The van der Waals surface area contributed by atoms with Gasteiger partial charge in [0, 0.05) is 12.2 Å². The fraction of sp³-hybridized carbons (Fsp3) is 0.429. The molecule has 0 atom stereocenters. The Morgan fingerprint density at radius 1 is 1.26 bits per heavy atom. The standard InChI is InChI=1S/C14H18N2O3/c1-2-9-15-13(19)16-11-5-3-10(4-6-11)14(7-8-14)12(17)18/h3-6H,2,7-9H2,1H3,(H,17,18)(H2,15,16,19). The van der Waals surface area contributed by atoms with Crippen molar-refractivity contribution in [2.75, 3.05) is 11.9 Å². The first-order valence-corrected chi connectivity index (χ1v) is 6.47. The molecule has 2 rings (SSSR count). The van der Waals surface area contributed by atoms with Crippen molar-refractivity contribution in [2.24, 2.45) is 0 Å². The van der Waals surface area contributed by atoms with E-state index in [2.05, 4.69) is 10.6 Å². The van der Waals surface area contributed by atoms with Crippen molar-refractivity contribution in [1.82, 2.24) is 5.32 Å². The number of hydrogen-bond donors (Lipinski definition) is 3. The molecule has 19 heavy (non-hydrogen) atoms. The van der Waals surface area contributed by atoms with Crippen LogP contribution in [0.15, 0.2) is 24.3 Å². The second-order valence-corrected chi connectivity index (χ2v) is 4.85. The fourth-order valence-electron chi connectivity index (χ4n) is 2.04. The van der Waals surface area contributed by atoms with Gasteiger partial charge < -0.3 is 15.7 Å². The summed E-state index contributed by atoms with van der Waals surface area (Å²) >= 11 is 0. The van der Waals surface area contributed by atoms with Crippen LogP contribution in [0.5, 0.6) is 0 Å². The molecule has 0 heterocycles. The summed E-state index contributed by atoms with van der Waals surface area (Å²) in [6.07, 6.45) is 2.26. The van der Waals surface area contributed by atoms with E-state index in [-0.39, 0.29) is 6.03 Å². The highest BCUT2D eigenvalue weighted by molar-refractivity contribution is 5.89. The molecule has 0 bridgehead atoms. The molecule has 0 radical (unpaired) electrons. The van der Waals surface area contributed by atoms with Crippen LogP contribution in [0, 0.1) is 0 Å². The third-order valence-corrected chi connectivity index (χ3v) is 3.39. The Kier molecular flexibility index (Phi) is 3.74. The van der Waals surface area contributed by atoms with E-state index in [1.807, 2.05) is 6.92 Å². The molecule has 5 nitrogen and oxygen atoms in total. The SMILES string of the molecule is CCCNC(=O)Nc1ccc(C2(C(=O)O)CC2)cc1. The molecule has 3 N–H and O–H groups in total. The Hall–Kier alpha value is -2.04. The zero-order valence-electron chi connectivity index (χ0n) is 10.9. The molecule has 0 aromatic heterocycles. The summed E-state index contributed by atoms with van der Waals surface area (Å²) in [4.78, 5) is 22.6. The highest BCUT2D eigenvalue weighted by Gasteiger charge is 2.51. The Bertz CT molecular complexity index is 478. The molecule has 0 aliphatic heterocycles. The van der Waals surface area contributed by atoms with Crippen molar-refractivity contribution >= 4 is 17.7 Å². The number of anilines is 1. The minimum atomic E-state index is -0.770. The molecule has 0 saturated heterocycles. The number of urea groups is 1. The van der Waals surface area contributed by atoms with Gasteiger partial charge in [0.05, 0.1) is 5.41 Å². The number of aliphatic carboxylic acids is 1. The molecule has 1 fully saturated rings. The number of carboxylic acids is 1. The predicted octanol–water partition coefficient (Wildman–Crippen LogP) is 2.33. The van der Waals surface area contributed by atoms with Crippen LogP contribution >= 0.6 is 0 Å². The number of rotatable bonds is 5. The van der Waals surface area contributed by atoms with E-state index >= 15 is 0 Å². The zero-order chi connectivity index (χ0) is 13.9. The molecular formula is C14H18N2O3. The summed E-state index contributed by atoms with van der Waals surface area (Å²) < 4.78 is 0. The van der Waals surface area contributed by atoms with Gasteiger partial charge in [-0.05, 0) is 37.0 Å². The predicted molar refractivity (Wildman–Crippen MR) is 72.3 cm³/mol. The number of amides is 2. The summed E-state index contributed by atoms with van der Waals surface area (Å²) in [5.74, 6) is -0.770. The molecule has 102 valence electrons. The largest absolute Gasteiger partial charge is 0.481 e. The number of carbonyl (C=O) groups excluding carboxylic acids is 1. The summed E-state index contributed by atoms with van der Waals surface area (Å²) in [5.41, 5.74) is 0.779. The first-order valence-electron chi connectivity index (χ1n) is 6.47. The Balaban J connectivity index is 1.99.